The molecule has 0 aromatic rings. The Hall–Kier alpha value is -1.66. The van der Waals surface area contributed by atoms with Crippen LogP contribution in [0.1, 0.15) is 32.6 Å². The quantitative estimate of drug-likeness (QED) is 0.535. The van der Waals surface area contributed by atoms with E-state index in [1.807, 2.05) is 0 Å². The Morgan fingerprint density at radius 3 is 2.39 bits per heavy atom. The smallest absolute Gasteiger partial charge is 0.309 e. The first-order chi connectivity index (χ1) is 10.7. The van der Waals surface area contributed by atoms with Crippen molar-refractivity contribution in [3.05, 3.63) is 0 Å². The lowest BCUT2D eigenvalue weighted by Gasteiger charge is -2.19. The molecule has 0 spiro atoms. The molecule has 1 N–H and O–H groups in total. The molecular formula is C14H20N2O6S. The molecule has 2 fully saturated rings. The summed E-state index contributed by atoms with van der Waals surface area (Å²) in [6.45, 7) is 1.82. The van der Waals surface area contributed by atoms with Crippen LogP contribution in [-0.4, -0.2) is 44.8 Å². The fraction of sp³-hybridized carbons (Fsp3) is 0.786. The van der Waals surface area contributed by atoms with Crippen LogP contribution in [0.2, 0.25) is 0 Å². The van der Waals surface area contributed by atoms with Gasteiger partial charge in [0.25, 0.3) is 10.1 Å². The zero-order valence-corrected chi connectivity index (χ0v) is 13.9. The molecule has 23 heavy (non-hydrogen) atoms. The molecule has 2 rings (SSSR count). The van der Waals surface area contributed by atoms with Gasteiger partial charge in [0.1, 0.15) is 5.54 Å². The average Bonchev–Trinajstić information content (AvgIpc) is 3.09. The molecule has 9 heteroatoms. The molecule has 2 aliphatic carbocycles. The van der Waals surface area contributed by atoms with Crippen molar-refractivity contribution in [3.63, 3.8) is 0 Å². The van der Waals surface area contributed by atoms with E-state index in [0.29, 0.717) is 12.8 Å². The van der Waals surface area contributed by atoms with Gasteiger partial charge < -0.3 is 10.1 Å². The van der Waals surface area contributed by atoms with Crippen LogP contribution in [-0.2, 0) is 28.6 Å². The summed E-state index contributed by atoms with van der Waals surface area (Å²) in [5.41, 5.74) is -0.841. The van der Waals surface area contributed by atoms with Crippen LogP contribution < -0.4 is 5.32 Å². The maximum absolute atomic E-state index is 12.4. The van der Waals surface area contributed by atoms with Crippen LogP contribution in [0.25, 0.3) is 0 Å². The summed E-state index contributed by atoms with van der Waals surface area (Å²) in [5, 5.41) is 11.7. The summed E-state index contributed by atoms with van der Waals surface area (Å²) in [6, 6.07) is 2.05. The molecule has 1 amide bonds. The van der Waals surface area contributed by atoms with E-state index in [2.05, 4.69) is 11.4 Å². The summed E-state index contributed by atoms with van der Waals surface area (Å²) in [5.74, 6) is -2.50. The highest BCUT2D eigenvalue weighted by atomic mass is 32.2. The lowest BCUT2D eigenvalue weighted by atomic mass is 9.95. The first kappa shape index (κ1) is 17.7. The van der Waals surface area contributed by atoms with Gasteiger partial charge in [-0.25, -0.2) is 0 Å². The van der Waals surface area contributed by atoms with E-state index < -0.39 is 45.5 Å². The normalized spacial score (nSPS) is 28.7. The highest BCUT2D eigenvalue weighted by molar-refractivity contribution is 7.86. The largest absolute Gasteiger partial charge is 0.466 e. The van der Waals surface area contributed by atoms with E-state index in [1.165, 1.54) is 0 Å². The molecule has 0 aromatic carbocycles. The first-order valence-electron chi connectivity index (χ1n) is 7.48. The predicted molar refractivity (Wildman–Crippen MR) is 78.3 cm³/mol. The average molecular weight is 344 g/mol. The van der Waals surface area contributed by atoms with Crippen LogP contribution >= 0.6 is 0 Å². The summed E-state index contributed by atoms with van der Waals surface area (Å²) in [4.78, 5) is 24.5. The Morgan fingerprint density at radius 2 is 1.91 bits per heavy atom. The molecule has 0 aliphatic heterocycles. The molecule has 2 aliphatic rings. The molecule has 2 saturated carbocycles. The van der Waals surface area contributed by atoms with Crippen molar-refractivity contribution < 1.29 is 26.9 Å². The monoisotopic (exact) mass is 344 g/mol. The van der Waals surface area contributed by atoms with Gasteiger partial charge in [0, 0.05) is 0 Å². The predicted octanol–water partition coefficient (Wildman–Crippen LogP) is 0.0929. The van der Waals surface area contributed by atoms with Gasteiger partial charge in [-0.3, -0.25) is 13.8 Å². The van der Waals surface area contributed by atoms with Crippen molar-refractivity contribution in [3.8, 4) is 6.07 Å². The Kier molecular flexibility index (Phi) is 4.96. The van der Waals surface area contributed by atoms with Gasteiger partial charge in [0.05, 0.1) is 36.9 Å². The second-order valence-corrected chi connectivity index (χ2v) is 7.64. The lowest BCUT2D eigenvalue weighted by molar-refractivity contribution is -0.151. The van der Waals surface area contributed by atoms with Crippen molar-refractivity contribution in [1.29, 1.82) is 5.26 Å². The number of carbonyl (C=O) groups is 2. The van der Waals surface area contributed by atoms with Crippen molar-refractivity contribution in [2.45, 2.75) is 44.2 Å². The van der Waals surface area contributed by atoms with Gasteiger partial charge in [-0.1, -0.05) is 0 Å². The van der Waals surface area contributed by atoms with Crippen LogP contribution in [0.4, 0.5) is 0 Å². The third-order valence-electron chi connectivity index (χ3n) is 4.08. The molecule has 0 radical (unpaired) electrons. The number of hydrogen-bond acceptors (Lipinski definition) is 7. The number of nitrogens with zero attached hydrogens (tertiary/aromatic N) is 1. The maximum atomic E-state index is 12.4. The van der Waals surface area contributed by atoms with Gasteiger partial charge in [-0.05, 0) is 32.6 Å². The molecule has 8 nitrogen and oxygen atoms in total. The van der Waals surface area contributed by atoms with Crippen LogP contribution in [0, 0.1) is 23.2 Å². The summed E-state index contributed by atoms with van der Waals surface area (Å²) < 4.78 is 32.4. The Bertz CT molecular complexity index is 634. The summed E-state index contributed by atoms with van der Waals surface area (Å²) in [7, 11) is -3.68. The third-order valence-corrected chi connectivity index (χ3v) is 4.70. The zero-order chi connectivity index (χ0) is 17.3. The van der Waals surface area contributed by atoms with Crippen LogP contribution in [0.15, 0.2) is 0 Å². The first-order valence-corrected chi connectivity index (χ1v) is 9.29. The minimum Gasteiger partial charge on any atom is -0.466 e. The van der Waals surface area contributed by atoms with E-state index >= 15 is 0 Å². The fourth-order valence-electron chi connectivity index (χ4n) is 2.83. The number of hydrogen-bond donors (Lipinski definition) is 1. The fourth-order valence-corrected chi connectivity index (χ4v) is 3.49. The van der Waals surface area contributed by atoms with Crippen LogP contribution in [0.3, 0.4) is 0 Å². The SMILES string of the molecule is CCOC(=O)[C@@H]1CC(OS(C)(=O)=O)C[C@H]1C(=O)NC1(C#N)CC1. The Balaban J connectivity index is 2.11. The summed E-state index contributed by atoms with van der Waals surface area (Å²) >= 11 is 0. The van der Waals surface area contributed by atoms with Gasteiger partial charge in [-0.2, -0.15) is 13.7 Å². The Labute approximate surface area is 135 Å². The number of rotatable bonds is 6. The number of nitrogens with one attached hydrogen (secondary N) is 1. The number of ether oxygens (including phenoxy) is 1. The third kappa shape index (κ3) is 4.42. The second kappa shape index (κ2) is 6.45. The highest BCUT2D eigenvalue weighted by Gasteiger charge is 2.50. The zero-order valence-electron chi connectivity index (χ0n) is 13.1. The van der Waals surface area contributed by atoms with Gasteiger partial charge >= 0.3 is 5.97 Å². The minimum absolute atomic E-state index is 0.101. The van der Waals surface area contributed by atoms with E-state index in [9.17, 15) is 18.0 Å². The van der Waals surface area contributed by atoms with Crippen molar-refractivity contribution >= 4 is 22.0 Å². The lowest BCUT2D eigenvalue weighted by Crippen LogP contribution is -2.42. The molecule has 1 unspecified atom stereocenters. The van der Waals surface area contributed by atoms with Crippen LogP contribution in [0.5, 0.6) is 0 Å². The van der Waals surface area contributed by atoms with Crippen molar-refractivity contribution in [2.24, 2.45) is 11.8 Å². The van der Waals surface area contributed by atoms with E-state index in [-0.39, 0.29) is 19.4 Å². The number of carbonyl (C=O) groups excluding carboxylic acids is 2. The number of nitriles is 1. The van der Waals surface area contributed by atoms with E-state index in [1.54, 1.807) is 6.92 Å². The topological polar surface area (TPSA) is 123 Å². The molecule has 0 bridgehead atoms. The standard InChI is InChI=1S/C14H20N2O6S/c1-3-21-13(18)11-7-9(22-23(2,19)20)6-10(11)12(17)16-14(8-15)4-5-14/h9-11H,3-7H2,1-2H3,(H,16,17)/t9?,10-,11-/m1/s1. The molecule has 0 aromatic heterocycles. The number of amides is 1. The molecular weight excluding hydrogens is 324 g/mol. The second-order valence-electron chi connectivity index (χ2n) is 6.04. The van der Waals surface area contributed by atoms with Crippen molar-refractivity contribution in [2.75, 3.05) is 12.9 Å². The number of esters is 1. The molecule has 0 saturated heterocycles. The van der Waals surface area contributed by atoms with Crippen molar-refractivity contribution in [1.82, 2.24) is 5.32 Å². The van der Waals surface area contributed by atoms with Gasteiger partial charge in [0.15, 0.2) is 0 Å². The van der Waals surface area contributed by atoms with Gasteiger partial charge in [0.2, 0.25) is 5.91 Å². The van der Waals surface area contributed by atoms with E-state index in [0.717, 1.165) is 6.26 Å². The Morgan fingerprint density at radius 1 is 1.30 bits per heavy atom. The molecule has 128 valence electrons. The van der Waals surface area contributed by atoms with E-state index in [4.69, 9.17) is 14.2 Å². The minimum atomic E-state index is -3.68. The molecule has 0 heterocycles. The molecule has 3 atom stereocenters. The van der Waals surface area contributed by atoms with Gasteiger partial charge in [-0.15, -0.1) is 0 Å². The summed E-state index contributed by atoms with van der Waals surface area (Å²) in [6.07, 6.45) is 1.54. The highest BCUT2D eigenvalue weighted by Crippen LogP contribution is 2.39. The maximum Gasteiger partial charge on any atom is 0.309 e.